The summed E-state index contributed by atoms with van der Waals surface area (Å²) in [7, 11) is 3.32. The Morgan fingerprint density at radius 2 is 1.88 bits per heavy atom. The quantitative estimate of drug-likeness (QED) is 0.777. The van der Waals surface area contributed by atoms with Crippen LogP contribution in [-0.2, 0) is 11.3 Å². The number of likely N-dealkylation sites (N-methyl/N-ethyl adjacent to an activating group) is 2. The van der Waals surface area contributed by atoms with Crippen molar-refractivity contribution in [3.05, 3.63) is 35.8 Å². The van der Waals surface area contributed by atoms with Crippen molar-refractivity contribution >= 4 is 17.6 Å². The number of hydrogen-bond donors (Lipinski definition) is 0. The van der Waals surface area contributed by atoms with Gasteiger partial charge in [-0.2, -0.15) is 0 Å². The number of piperidine rings is 1. The number of urea groups is 1. The maximum Gasteiger partial charge on any atom is 0.327 e. The summed E-state index contributed by atoms with van der Waals surface area (Å²) in [6, 6.07) is 5.81. The van der Waals surface area contributed by atoms with E-state index in [1.807, 2.05) is 31.3 Å². The number of aromatic nitrogens is 2. The minimum atomic E-state index is -0.656. The molecule has 7 heteroatoms. The summed E-state index contributed by atoms with van der Waals surface area (Å²) in [5, 5.41) is 0. The van der Waals surface area contributed by atoms with Crippen LogP contribution in [0.4, 0.5) is 4.79 Å². The Bertz CT molecular complexity index is 850. The molecule has 2 fully saturated rings. The second kappa shape index (κ2) is 5.56. The fourth-order valence-corrected chi connectivity index (χ4v) is 4.15. The summed E-state index contributed by atoms with van der Waals surface area (Å²) in [6.07, 6.45) is 3.39. The highest BCUT2D eigenvalue weighted by atomic mass is 16.2. The van der Waals surface area contributed by atoms with E-state index >= 15 is 0 Å². The zero-order chi connectivity index (χ0) is 17.8. The van der Waals surface area contributed by atoms with Crippen LogP contribution in [0.2, 0.25) is 0 Å². The van der Waals surface area contributed by atoms with Gasteiger partial charge in [0, 0.05) is 39.9 Å². The Morgan fingerprint density at radius 1 is 1.16 bits per heavy atom. The molecule has 4 rings (SSSR count). The van der Waals surface area contributed by atoms with E-state index in [1.165, 1.54) is 10.6 Å². The number of nitrogens with zero attached hydrogens (tertiary/aromatic N) is 5. The topological polar surface area (TPSA) is 61.2 Å². The lowest BCUT2D eigenvalue weighted by atomic mass is 9.86. The molecule has 0 aromatic carbocycles. The van der Waals surface area contributed by atoms with Crippen LogP contribution in [0.15, 0.2) is 24.4 Å². The molecule has 4 heterocycles. The van der Waals surface area contributed by atoms with Crippen molar-refractivity contribution in [2.45, 2.75) is 31.8 Å². The zero-order valence-corrected chi connectivity index (χ0v) is 14.9. The summed E-state index contributed by atoms with van der Waals surface area (Å²) >= 11 is 0. The predicted molar refractivity (Wildman–Crippen MR) is 93.1 cm³/mol. The van der Waals surface area contributed by atoms with Crippen LogP contribution in [0, 0.1) is 6.92 Å². The number of carbonyl (C=O) groups is 2. The molecule has 132 valence electrons. The first-order valence-electron chi connectivity index (χ1n) is 8.65. The van der Waals surface area contributed by atoms with Crippen LogP contribution in [0.25, 0.3) is 5.65 Å². The van der Waals surface area contributed by atoms with Crippen LogP contribution in [0.5, 0.6) is 0 Å². The molecule has 0 saturated carbocycles. The highest BCUT2D eigenvalue weighted by Crippen LogP contribution is 2.35. The molecule has 2 aliphatic heterocycles. The zero-order valence-electron chi connectivity index (χ0n) is 14.9. The first kappa shape index (κ1) is 16.1. The third-order valence-corrected chi connectivity index (χ3v) is 5.80. The summed E-state index contributed by atoms with van der Waals surface area (Å²) in [5.41, 5.74) is 2.53. The third-order valence-electron chi connectivity index (χ3n) is 5.80. The number of imidazole rings is 1. The van der Waals surface area contributed by atoms with Gasteiger partial charge in [0.2, 0.25) is 0 Å². The lowest BCUT2D eigenvalue weighted by Crippen LogP contribution is -2.55. The van der Waals surface area contributed by atoms with Crippen molar-refractivity contribution in [2.24, 2.45) is 0 Å². The number of amides is 3. The molecule has 2 aromatic rings. The normalized spacial score (nSPS) is 21.1. The number of imide groups is 1. The van der Waals surface area contributed by atoms with Gasteiger partial charge in [0.05, 0.1) is 11.4 Å². The molecule has 2 saturated heterocycles. The Labute approximate surface area is 146 Å². The number of hydrogen-bond acceptors (Lipinski definition) is 4. The molecule has 2 aromatic heterocycles. The Balaban J connectivity index is 1.52. The molecule has 0 aliphatic carbocycles. The molecular formula is C18H23N5O2. The van der Waals surface area contributed by atoms with Gasteiger partial charge in [0.1, 0.15) is 11.2 Å². The maximum absolute atomic E-state index is 12.6. The number of rotatable bonds is 2. The fraction of sp³-hybridized carbons (Fsp3) is 0.500. The SMILES string of the molecule is Cc1nc2ccccn2c1CN1CCC2(CC1)C(=O)N(C)C(=O)N2C. The van der Waals surface area contributed by atoms with E-state index in [4.69, 9.17) is 0 Å². The van der Waals surface area contributed by atoms with Crippen molar-refractivity contribution in [3.63, 3.8) is 0 Å². The molecular weight excluding hydrogens is 318 g/mol. The van der Waals surface area contributed by atoms with Gasteiger partial charge in [0.25, 0.3) is 5.91 Å². The highest BCUT2D eigenvalue weighted by Gasteiger charge is 2.55. The van der Waals surface area contributed by atoms with Crippen molar-refractivity contribution < 1.29 is 9.59 Å². The van der Waals surface area contributed by atoms with E-state index in [0.717, 1.165) is 31.0 Å². The van der Waals surface area contributed by atoms with Gasteiger partial charge < -0.3 is 9.30 Å². The van der Waals surface area contributed by atoms with E-state index in [-0.39, 0.29) is 11.9 Å². The molecule has 0 radical (unpaired) electrons. The summed E-state index contributed by atoms with van der Waals surface area (Å²) in [6.45, 7) is 4.41. The lowest BCUT2D eigenvalue weighted by Gasteiger charge is -2.40. The van der Waals surface area contributed by atoms with E-state index in [2.05, 4.69) is 14.3 Å². The van der Waals surface area contributed by atoms with Gasteiger partial charge in [-0.3, -0.25) is 14.6 Å². The predicted octanol–water partition coefficient (Wildman–Crippen LogP) is 1.50. The lowest BCUT2D eigenvalue weighted by molar-refractivity contribution is -0.134. The highest BCUT2D eigenvalue weighted by molar-refractivity contribution is 6.06. The van der Waals surface area contributed by atoms with Crippen LogP contribution in [-0.4, -0.2) is 68.7 Å². The number of fused-ring (bicyclic) bond motifs is 1. The van der Waals surface area contributed by atoms with E-state index in [1.54, 1.807) is 19.0 Å². The van der Waals surface area contributed by atoms with Crippen LogP contribution >= 0.6 is 0 Å². The fourth-order valence-electron chi connectivity index (χ4n) is 4.15. The first-order chi connectivity index (χ1) is 11.9. The van der Waals surface area contributed by atoms with Crippen molar-refractivity contribution in [1.82, 2.24) is 24.1 Å². The molecule has 0 bridgehead atoms. The molecule has 7 nitrogen and oxygen atoms in total. The van der Waals surface area contributed by atoms with E-state index in [9.17, 15) is 9.59 Å². The van der Waals surface area contributed by atoms with Gasteiger partial charge in [-0.1, -0.05) is 6.07 Å². The molecule has 2 aliphatic rings. The molecule has 3 amide bonds. The average molecular weight is 341 g/mol. The first-order valence-corrected chi connectivity index (χ1v) is 8.65. The van der Waals surface area contributed by atoms with Crippen molar-refractivity contribution in [2.75, 3.05) is 27.2 Å². The standard InChI is InChI=1S/C18H23N5O2/c1-13-14(23-9-5-4-6-15(23)19-13)12-22-10-7-18(8-11-22)16(24)20(2)17(25)21(18)3/h4-6,9H,7-8,10-12H2,1-3H3. The average Bonchev–Trinajstić information content (AvgIpc) is 3.01. The maximum atomic E-state index is 12.6. The van der Waals surface area contributed by atoms with E-state index < -0.39 is 5.54 Å². The molecule has 1 spiro atoms. The van der Waals surface area contributed by atoms with E-state index in [0.29, 0.717) is 12.8 Å². The summed E-state index contributed by atoms with van der Waals surface area (Å²) in [4.78, 5) is 34.6. The number of likely N-dealkylation sites (tertiary alicyclic amines) is 1. The van der Waals surface area contributed by atoms with Gasteiger partial charge >= 0.3 is 6.03 Å². The van der Waals surface area contributed by atoms with Crippen molar-refractivity contribution in [3.8, 4) is 0 Å². The number of pyridine rings is 1. The largest absolute Gasteiger partial charge is 0.327 e. The number of carbonyl (C=O) groups excluding carboxylic acids is 2. The number of aryl methyl sites for hydroxylation is 1. The second-order valence-electron chi connectivity index (χ2n) is 7.09. The minimum absolute atomic E-state index is 0.0642. The molecule has 0 atom stereocenters. The van der Waals surface area contributed by atoms with Crippen LogP contribution < -0.4 is 0 Å². The van der Waals surface area contributed by atoms with Crippen LogP contribution in [0.1, 0.15) is 24.2 Å². The summed E-state index contributed by atoms with van der Waals surface area (Å²) < 4.78 is 2.13. The molecule has 0 N–H and O–H groups in total. The van der Waals surface area contributed by atoms with Gasteiger partial charge in [0.15, 0.2) is 0 Å². The van der Waals surface area contributed by atoms with Crippen molar-refractivity contribution in [1.29, 1.82) is 0 Å². The Kier molecular flexibility index (Phi) is 3.57. The second-order valence-corrected chi connectivity index (χ2v) is 7.09. The molecule has 25 heavy (non-hydrogen) atoms. The Hall–Kier alpha value is -2.41. The Morgan fingerprint density at radius 3 is 2.52 bits per heavy atom. The van der Waals surface area contributed by atoms with Crippen LogP contribution in [0.3, 0.4) is 0 Å². The minimum Gasteiger partial charge on any atom is -0.312 e. The van der Waals surface area contributed by atoms with Gasteiger partial charge in [-0.15, -0.1) is 0 Å². The smallest absolute Gasteiger partial charge is 0.312 e. The van der Waals surface area contributed by atoms with Gasteiger partial charge in [-0.05, 0) is 31.9 Å². The van der Waals surface area contributed by atoms with Gasteiger partial charge in [-0.25, -0.2) is 9.78 Å². The molecule has 0 unspecified atom stereocenters. The monoisotopic (exact) mass is 341 g/mol. The third kappa shape index (κ3) is 2.26. The summed E-state index contributed by atoms with van der Waals surface area (Å²) in [5.74, 6) is -0.0642.